The predicted octanol–water partition coefficient (Wildman–Crippen LogP) is 3.44. The number of ether oxygens (including phenoxy) is 1. The number of carbonyl (C=O) groups is 4. The molecule has 1 atom stereocenters. The summed E-state index contributed by atoms with van der Waals surface area (Å²) in [6.07, 6.45) is 0.345. The number of rotatable bonds is 13. The van der Waals surface area contributed by atoms with Gasteiger partial charge in [0.25, 0.3) is 5.91 Å². The van der Waals surface area contributed by atoms with E-state index in [2.05, 4.69) is 17.5 Å². The van der Waals surface area contributed by atoms with Crippen molar-refractivity contribution in [3.8, 4) is 0 Å². The third-order valence-corrected chi connectivity index (χ3v) is 7.31. The van der Waals surface area contributed by atoms with Crippen LogP contribution in [-0.2, 0) is 25.5 Å². The lowest BCUT2D eigenvalue weighted by Crippen LogP contribution is -2.49. The van der Waals surface area contributed by atoms with Gasteiger partial charge in [-0.25, -0.2) is 4.79 Å². The number of Topliss-reactive ketones (excluding diaryl/α,β-unsaturated/α-hetero) is 1. The van der Waals surface area contributed by atoms with Crippen molar-refractivity contribution in [2.45, 2.75) is 38.0 Å². The summed E-state index contributed by atoms with van der Waals surface area (Å²) in [7, 11) is 0. The number of aliphatic carboxylic acids is 1. The van der Waals surface area contributed by atoms with Gasteiger partial charge in [-0.05, 0) is 62.2 Å². The maximum Gasteiger partial charge on any atom is 0.372 e. The van der Waals surface area contributed by atoms with Gasteiger partial charge in [0.05, 0.1) is 18.0 Å². The Hall–Kier alpha value is -2.92. The molecule has 0 saturated carbocycles. The Labute approximate surface area is 245 Å². The van der Waals surface area contributed by atoms with Crippen LogP contribution in [0.3, 0.4) is 0 Å². The maximum atomic E-state index is 13.2. The van der Waals surface area contributed by atoms with Crippen LogP contribution in [0.2, 0.25) is 5.02 Å². The van der Waals surface area contributed by atoms with Crippen LogP contribution in [0.4, 0.5) is 5.69 Å². The van der Waals surface area contributed by atoms with E-state index < -0.39 is 29.3 Å². The largest absolute Gasteiger partial charge is 0.476 e. The number of halogens is 1. The fourth-order valence-corrected chi connectivity index (χ4v) is 4.79. The van der Waals surface area contributed by atoms with E-state index in [4.69, 9.17) is 21.4 Å². The van der Waals surface area contributed by atoms with Crippen molar-refractivity contribution in [3.63, 3.8) is 0 Å². The molecule has 1 N–H and O–H groups in total. The van der Waals surface area contributed by atoms with E-state index in [9.17, 15) is 19.2 Å². The summed E-state index contributed by atoms with van der Waals surface area (Å²) in [4.78, 5) is 54.4. The molecule has 2 amide bonds. The molecule has 40 heavy (non-hydrogen) atoms. The number of ketones is 1. The summed E-state index contributed by atoms with van der Waals surface area (Å²) in [5.41, 5.74) is 2.24. The van der Waals surface area contributed by atoms with E-state index in [1.165, 1.54) is 10.5 Å². The normalized spacial score (nSPS) is 14.7. The highest BCUT2D eigenvalue weighted by Crippen LogP contribution is 2.21. The average Bonchev–Trinajstić information content (AvgIpc) is 2.94. The van der Waals surface area contributed by atoms with Crippen molar-refractivity contribution >= 4 is 53.5 Å². The zero-order chi connectivity index (χ0) is 29.2. The zero-order valence-corrected chi connectivity index (χ0v) is 24.4. The standard InChI is InChI=1S/C29H36ClN3O6S/c1-20(2)39-18-17-33(28(36)26(40)19-25(34)29(37)38)24-9-5-22(6-10-24)27(35)32-15-13-31(14-16-32)12-11-21-3-7-23(30)8-4-21/h3-10,20,26,40H,11-19H2,1-2H3,(H,37,38). The lowest BCUT2D eigenvalue weighted by atomic mass is 10.1. The van der Waals surface area contributed by atoms with Gasteiger partial charge in [0.2, 0.25) is 11.7 Å². The Morgan fingerprint density at radius 3 is 2.20 bits per heavy atom. The highest BCUT2D eigenvalue weighted by molar-refractivity contribution is 7.81. The molecular formula is C29H36ClN3O6S. The Balaban J connectivity index is 1.59. The predicted molar refractivity (Wildman–Crippen MR) is 157 cm³/mol. The van der Waals surface area contributed by atoms with Crippen LogP contribution < -0.4 is 4.90 Å². The Morgan fingerprint density at radius 2 is 1.62 bits per heavy atom. The van der Waals surface area contributed by atoms with E-state index in [1.54, 1.807) is 24.3 Å². The minimum atomic E-state index is -1.60. The third-order valence-electron chi connectivity index (χ3n) is 6.65. The van der Waals surface area contributed by atoms with Crippen molar-refractivity contribution in [2.75, 3.05) is 50.8 Å². The van der Waals surface area contributed by atoms with Crippen LogP contribution in [0.1, 0.15) is 36.2 Å². The minimum absolute atomic E-state index is 0.0461. The fourth-order valence-electron chi connectivity index (χ4n) is 4.36. The monoisotopic (exact) mass is 589 g/mol. The van der Waals surface area contributed by atoms with Crippen molar-refractivity contribution in [2.24, 2.45) is 0 Å². The number of hydrogen-bond donors (Lipinski definition) is 2. The van der Waals surface area contributed by atoms with Crippen molar-refractivity contribution in [3.05, 3.63) is 64.7 Å². The van der Waals surface area contributed by atoms with Crippen LogP contribution in [0.5, 0.6) is 0 Å². The third kappa shape index (κ3) is 9.33. The van der Waals surface area contributed by atoms with Gasteiger partial charge in [-0.1, -0.05) is 23.7 Å². The van der Waals surface area contributed by atoms with Gasteiger partial charge in [-0.3, -0.25) is 19.3 Å². The fraction of sp³-hybridized carbons (Fsp3) is 0.448. The number of carboxylic acid groups (broad SMARTS) is 1. The second kappa shape index (κ2) is 15.2. The lowest BCUT2D eigenvalue weighted by Gasteiger charge is -2.35. The van der Waals surface area contributed by atoms with Crippen LogP contribution in [0.15, 0.2) is 48.5 Å². The maximum absolute atomic E-state index is 13.2. The highest BCUT2D eigenvalue weighted by Gasteiger charge is 2.28. The van der Waals surface area contributed by atoms with Gasteiger partial charge in [0, 0.05) is 62.0 Å². The molecule has 0 aromatic heterocycles. The van der Waals surface area contributed by atoms with E-state index in [0.717, 1.165) is 31.1 Å². The van der Waals surface area contributed by atoms with Crippen molar-refractivity contribution < 1.29 is 29.0 Å². The summed E-state index contributed by atoms with van der Waals surface area (Å²) >= 11 is 10.2. The zero-order valence-electron chi connectivity index (χ0n) is 22.8. The first-order valence-corrected chi connectivity index (χ1v) is 14.2. The number of carboxylic acids is 1. The number of hydrogen-bond acceptors (Lipinski definition) is 7. The second-order valence-electron chi connectivity index (χ2n) is 9.91. The summed E-state index contributed by atoms with van der Waals surface area (Å²) in [6, 6.07) is 14.5. The molecule has 1 aliphatic rings. The van der Waals surface area contributed by atoms with Crippen LogP contribution in [0.25, 0.3) is 0 Å². The lowest BCUT2D eigenvalue weighted by molar-refractivity contribution is -0.149. The smallest absolute Gasteiger partial charge is 0.372 e. The van der Waals surface area contributed by atoms with Crippen LogP contribution in [-0.4, -0.2) is 95.7 Å². The quantitative estimate of drug-likeness (QED) is 0.272. The highest BCUT2D eigenvalue weighted by atomic mass is 35.5. The number of amides is 2. The first kappa shape index (κ1) is 31.6. The van der Waals surface area contributed by atoms with E-state index in [0.29, 0.717) is 24.3 Å². The SMILES string of the molecule is CC(C)OCCN(C(=O)C(S)CC(=O)C(=O)O)c1ccc(C(=O)N2CCN(CCc3ccc(Cl)cc3)CC2)cc1. The summed E-state index contributed by atoms with van der Waals surface area (Å²) < 4.78 is 5.59. The number of benzene rings is 2. The number of thiol groups is 1. The van der Waals surface area contributed by atoms with Gasteiger partial charge in [0.1, 0.15) is 0 Å². The minimum Gasteiger partial charge on any atom is -0.476 e. The molecule has 1 aliphatic heterocycles. The number of carbonyl (C=O) groups excluding carboxylic acids is 3. The Kier molecular flexibility index (Phi) is 12.0. The van der Waals surface area contributed by atoms with E-state index >= 15 is 0 Å². The second-order valence-corrected chi connectivity index (χ2v) is 11.0. The molecule has 11 heteroatoms. The molecule has 1 saturated heterocycles. The molecule has 1 fully saturated rings. The van der Waals surface area contributed by atoms with Gasteiger partial charge < -0.3 is 19.6 Å². The molecule has 0 aliphatic carbocycles. The molecule has 0 radical (unpaired) electrons. The van der Waals surface area contributed by atoms with Crippen molar-refractivity contribution in [1.29, 1.82) is 0 Å². The molecule has 2 aromatic rings. The number of nitrogens with zero attached hydrogens (tertiary/aromatic N) is 3. The summed E-state index contributed by atoms with van der Waals surface area (Å²) in [5, 5.41) is 8.49. The molecule has 9 nitrogen and oxygen atoms in total. The molecule has 0 spiro atoms. The molecular weight excluding hydrogens is 554 g/mol. The average molecular weight is 590 g/mol. The Morgan fingerprint density at radius 1 is 1.00 bits per heavy atom. The van der Waals surface area contributed by atoms with Gasteiger partial charge in [-0.15, -0.1) is 0 Å². The topological polar surface area (TPSA) is 107 Å². The Bertz CT molecular complexity index is 1170. The van der Waals surface area contributed by atoms with Crippen molar-refractivity contribution in [1.82, 2.24) is 9.80 Å². The number of piperazine rings is 1. The first-order valence-electron chi connectivity index (χ1n) is 13.3. The van der Waals surface area contributed by atoms with Gasteiger partial charge >= 0.3 is 5.97 Å². The summed E-state index contributed by atoms with van der Waals surface area (Å²) in [5.74, 6) is -3.28. The van der Waals surface area contributed by atoms with Crippen LogP contribution in [0, 0.1) is 0 Å². The summed E-state index contributed by atoms with van der Waals surface area (Å²) in [6.45, 7) is 7.89. The van der Waals surface area contributed by atoms with Gasteiger partial charge in [0.15, 0.2) is 0 Å². The van der Waals surface area contributed by atoms with E-state index in [1.807, 2.05) is 43.0 Å². The number of anilines is 1. The molecule has 1 unspecified atom stereocenters. The molecule has 3 rings (SSSR count). The molecule has 0 bridgehead atoms. The van der Waals surface area contributed by atoms with Gasteiger partial charge in [-0.2, -0.15) is 12.6 Å². The van der Waals surface area contributed by atoms with Crippen LogP contribution >= 0.6 is 24.2 Å². The molecule has 2 aromatic carbocycles. The van der Waals surface area contributed by atoms with E-state index in [-0.39, 0.29) is 25.2 Å². The first-order chi connectivity index (χ1) is 19.0. The molecule has 216 valence electrons. The molecule has 1 heterocycles.